The van der Waals surface area contributed by atoms with Gasteiger partial charge in [0.15, 0.2) is 17.2 Å². The normalized spacial score (nSPS) is 11.7. The van der Waals surface area contributed by atoms with Gasteiger partial charge in [-0.3, -0.25) is 4.79 Å². The second-order valence-electron chi connectivity index (χ2n) is 5.48. The van der Waals surface area contributed by atoms with Crippen molar-refractivity contribution in [1.82, 2.24) is 4.73 Å². The number of carboxylic acid groups (broad SMARTS) is 1. The maximum Gasteiger partial charge on any atom is 0.304 e. The van der Waals surface area contributed by atoms with Crippen molar-refractivity contribution in [2.24, 2.45) is 7.05 Å². The highest BCUT2D eigenvalue weighted by molar-refractivity contribution is 5.68. The number of carbonyl (C=O) groups is 1. The molecule has 0 saturated heterocycles. The molecule has 0 fully saturated rings. The first kappa shape index (κ1) is 19.6. The SMILES string of the molecule is COc1cc(C(CC(=O)O)c2n(O)c(C)c(C)[n+]2C)ccc1O.[Cl-]. The highest BCUT2D eigenvalue weighted by Crippen LogP contribution is 2.34. The van der Waals surface area contributed by atoms with Gasteiger partial charge in [0, 0.05) is 13.8 Å². The largest absolute Gasteiger partial charge is 1.00 e. The van der Waals surface area contributed by atoms with Crippen molar-refractivity contribution >= 4 is 5.97 Å². The van der Waals surface area contributed by atoms with Crippen LogP contribution in [-0.2, 0) is 11.8 Å². The quantitative estimate of drug-likeness (QED) is 0.447. The zero-order valence-corrected chi connectivity index (χ0v) is 14.7. The predicted molar refractivity (Wildman–Crippen MR) is 81.0 cm³/mol. The minimum absolute atomic E-state index is 0. The number of ether oxygens (including phenoxy) is 1. The average Bonchev–Trinajstić information content (AvgIpc) is 2.69. The first-order valence-electron chi connectivity index (χ1n) is 7.13. The number of nitrogens with zero attached hydrogens (tertiary/aromatic N) is 2. The zero-order chi connectivity index (χ0) is 17.3. The fourth-order valence-corrected chi connectivity index (χ4v) is 2.71. The van der Waals surface area contributed by atoms with Crippen LogP contribution in [0.25, 0.3) is 0 Å². The summed E-state index contributed by atoms with van der Waals surface area (Å²) in [5.74, 6) is -0.899. The lowest BCUT2D eigenvalue weighted by Gasteiger charge is -2.14. The smallest absolute Gasteiger partial charge is 0.304 e. The number of methoxy groups -OCH3 is 1. The molecule has 0 spiro atoms. The summed E-state index contributed by atoms with van der Waals surface area (Å²) in [6.07, 6.45) is -0.203. The van der Waals surface area contributed by atoms with Gasteiger partial charge < -0.3 is 32.6 Å². The van der Waals surface area contributed by atoms with Gasteiger partial charge in [0.05, 0.1) is 26.5 Å². The van der Waals surface area contributed by atoms with Crippen LogP contribution in [0.4, 0.5) is 0 Å². The maximum absolute atomic E-state index is 11.3. The molecule has 1 atom stereocenters. The Morgan fingerprint density at radius 3 is 2.46 bits per heavy atom. The lowest BCUT2D eigenvalue weighted by Crippen LogP contribution is -3.00. The molecule has 1 heterocycles. The first-order chi connectivity index (χ1) is 10.8. The van der Waals surface area contributed by atoms with Gasteiger partial charge in [-0.05, 0) is 22.4 Å². The van der Waals surface area contributed by atoms with Crippen molar-refractivity contribution in [1.29, 1.82) is 0 Å². The molecular formula is C16H21ClN2O5. The number of phenolic OH excluding ortho intramolecular Hbond substituents is 1. The Bertz CT molecular complexity index is 732. The van der Waals surface area contributed by atoms with Crippen molar-refractivity contribution in [3.05, 3.63) is 41.0 Å². The van der Waals surface area contributed by atoms with Crippen LogP contribution in [0.3, 0.4) is 0 Å². The van der Waals surface area contributed by atoms with Crippen LogP contribution >= 0.6 is 0 Å². The van der Waals surface area contributed by atoms with Gasteiger partial charge >= 0.3 is 11.8 Å². The van der Waals surface area contributed by atoms with E-state index >= 15 is 0 Å². The number of imidazole rings is 1. The van der Waals surface area contributed by atoms with E-state index in [1.165, 1.54) is 13.2 Å². The van der Waals surface area contributed by atoms with Gasteiger partial charge in [0.1, 0.15) is 5.69 Å². The summed E-state index contributed by atoms with van der Waals surface area (Å²) in [7, 11) is 3.20. The molecule has 24 heavy (non-hydrogen) atoms. The Morgan fingerprint density at radius 2 is 2.00 bits per heavy atom. The maximum atomic E-state index is 11.3. The number of rotatable bonds is 5. The number of phenols is 1. The summed E-state index contributed by atoms with van der Waals surface area (Å²) >= 11 is 0. The van der Waals surface area contributed by atoms with Gasteiger partial charge in [-0.15, -0.1) is 0 Å². The number of carboxylic acids is 1. The van der Waals surface area contributed by atoms with Crippen LogP contribution in [0, 0.1) is 13.8 Å². The molecular weight excluding hydrogens is 336 g/mol. The molecule has 0 aliphatic heterocycles. The third kappa shape index (κ3) is 3.41. The molecule has 0 aliphatic rings. The Kier molecular flexibility index (Phi) is 6.09. The summed E-state index contributed by atoms with van der Waals surface area (Å²) in [6, 6.07) is 4.66. The van der Waals surface area contributed by atoms with E-state index in [9.17, 15) is 20.2 Å². The van der Waals surface area contributed by atoms with E-state index in [-0.39, 0.29) is 30.3 Å². The van der Waals surface area contributed by atoms with Crippen molar-refractivity contribution in [2.45, 2.75) is 26.2 Å². The molecule has 0 saturated carbocycles. The number of aromatic hydroxyl groups is 1. The van der Waals surface area contributed by atoms with Crippen LogP contribution in [-0.4, -0.2) is 33.2 Å². The number of aromatic nitrogens is 2. The summed E-state index contributed by atoms with van der Waals surface area (Å²) in [4.78, 5) is 11.3. The Morgan fingerprint density at radius 1 is 1.38 bits per heavy atom. The highest BCUT2D eigenvalue weighted by atomic mass is 35.5. The number of hydrogen-bond donors (Lipinski definition) is 3. The number of aliphatic carboxylic acids is 1. The Hall–Kier alpha value is -2.41. The van der Waals surface area contributed by atoms with Crippen LogP contribution in [0.15, 0.2) is 18.2 Å². The highest BCUT2D eigenvalue weighted by Gasteiger charge is 2.34. The molecule has 2 aromatic rings. The fraction of sp³-hybridized carbons (Fsp3) is 0.375. The number of halogens is 1. The molecule has 132 valence electrons. The Balaban J connectivity index is 0.00000288. The van der Waals surface area contributed by atoms with Gasteiger partial charge in [0.2, 0.25) is 0 Å². The molecule has 8 heteroatoms. The molecule has 7 nitrogen and oxygen atoms in total. The van der Waals surface area contributed by atoms with Gasteiger partial charge in [-0.25, -0.2) is 4.57 Å². The lowest BCUT2D eigenvalue weighted by atomic mass is 9.94. The lowest BCUT2D eigenvalue weighted by molar-refractivity contribution is -0.686. The van der Waals surface area contributed by atoms with E-state index in [1.807, 2.05) is 6.92 Å². The predicted octanol–water partition coefficient (Wildman–Crippen LogP) is -1.51. The molecule has 1 aromatic heterocycles. The monoisotopic (exact) mass is 356 g/mol. The second-order valence-corrected chi connectivity index (χ2v) is 5.48. The fourth-order valence-electron chi connectivity index (χ4n) is 2.71. The van der Waals surface area contributed by atoms with Crippen LogP contribution < -0.4 is 21.7 Å². The molecule has 0 radical (unpaired) electrons. The van der Waals surface area contributed by atoms with Crippen LogP contribution in [0.5, 0.6) is 11.5 Å². The van der Waals surface area contributed by atoms with E-state index in [0.717, 1.165) is 10.4 Å². The van der Waals surface area contributed by atoms with Crippen molar-refractivity contribution in [3.63, 3.8) is 0 Å². The van der Waals surface area contributed by atoms with Gasteiger partial charge in [-0.1, -0.05) is 6.07 Å². The molecule has 2 rings (SSSR count). The molecule has 3 N–H and O–H groups in total. The summed E-state index contributed by atoms with van der Waals surface area (Å²) in [5, 5.41) is 29.3. The van der Waals surface area contributed by atoms with Gasteiger partial charge in [-0.2, -0.15) is 0 Å². The Labute approximate surface area is 146 Å². The van der Waals surface area contributed by atoms with E-state index in [0.29, 0.717) is 17.1 Å². The first-order valence-corrected chi connectivity index (χ1v) is 7.13. The number of hydrogen-bond acceptors (Lipinski definition) is 4. The van der Waals surface area contributed by atoms with Crippen molar-refractivity contribution in [3.8, 4) is 11.5 Å². The summed E-state index contributed by atoms with van der Waals surface area (Å²) < 4.78 is 7.87. The molecule has 0 bridgehead atoms. The number of benzene rings is 1. The third-order valence-corrected chi connectivity index (χ3v) is 4.20. The molecule has 1 aromatic carbocycles. The third-order valence-electron chi connectivity index (χ3n) is 4.20. The van der Waals surface area contributed by atoms with Crippen LogP contribution in [0.2, 0.25) is 0 Å². The molecule has 0 aliphatic carbocycles. The van der Waals surface area contributed by atoms with Crippen LogP contribution in [0.1, 0.15) is 35.1 Å². The zero-order valence-electron chi connectivity index (χ0n) is 13.9. The van der Waals surface area contributed by atoms with E-state index in [2.05, 4.69) is 0 Å². The molecule has 0 amide bonds. The van der Waals surface area contributed by atoms with Gasteiger partial charge in [0.25, 0.3) is 0 Å². The van der Waals surface area contributed by atoms with E-state index in [4.69, 9.17) is 4.74 Å². The standard InChI is InChI=1S/C16H20N2O5.ClH/c1-9-10(2)18(22)16(17(9)3)12(8-15(20)21)11-5-6-13(19)14(7-11)23-4;/h5-7,12H,8H2,1-4H3,(H2-,19,20,21,22);1H. The molecule has 1 unspecified atom stereocenters. The van der Waals surface area contributed by atoms with Crippen molar-refractivity contribution in [2.75, 3.05) is 7.11 Å². The minimum Gasteiger partial charge on any atom is -1.00 e. The average molecular weight is 357 g/mol. The second kappa shape index (κ2) is 7.44. The van der Waals surface area contributed by atoms with E-state index < -0.39 is 11.9 Å². The summed E-state index contributed by atoms with van der Waals surface area (Å²) in [6.45, 7) is 3.61. The minimum atomic E-state index is -0.987. The summed E-state index contributed by atoms with van der Waals surface area (Å²) in [5.41, 5.74) is 2.11. The topological polar surface area (TPSA) is 95.8 Å². The van der Waals surface area contributed by atoms with E-state index in [1.54, 1.807) is 30.7 Å². The van der Waals surface area contributed by atoms with Crippen molar-refractivity contribution < 1.29 is 41.9 Å².